The van der Waals surface area contributed by atoms with E-state index >= 15 is 0 Å². The monoisotopic (exact) mass is 442 g/mol. The van der Waals surface area contributed by atoms with E-state index < -0.39 is 5.97 Å². The second-order valence-corrected chi connectivity index (χ2v) is 9.60. The lowest BCUT2D eigenvalue weighted by atomic mass is 9.94. The van der Waals surface area contributed by atoms with E-state index in [2.05, 4.69) is 0 Å². The first kappa shape index (κ1) is 20.5. The molecule has 2 unspecified atom stereocenters. The Morgan fingerprint density at radius 2 is 1.72 bits per heavy atom. The zero-order valence-corrected chi connectivity index (χ0v) is 18.6. The van der Waals surface area contributed by atoms with Crippen molar-refractivity contribution in [2.45, 2.75) is 26.2 Å². The Morgan fingerprint density at radius 1 is 0.969 bits per heavy atom. The molecule has 1 aromatic heterocycles. The van der Waals surface area contributed by atoms with E-state index in [0.717, 1.165) is 37.9 Å². The maximum absolute atomic E-state index is 13.6. The molecule has 3 aromatic carbocycles. The van der Waals surface area contributed by atoms with Gasteiger partial charge in [0.1, 0.15) is 5.75 Å². The summed E-state index contributed by atoms with van der Waals surface area (Å²) in [5, 5.41) is 20.1. The Bertz CT molecular complexity index is 1380. The van der Waals surface area contributed by atoms with E-state index in [-0.39, 0.29) is 23.4 Å². The molecule has 32 heavy (non-hydrogen) atoms. The number of aryl methyl sites for hydroxylation is 2. The number of aromatic hydroxyl groups is 1. The smallest absolute Gasteiger partial charge is 0.307 e. The largest absolute Gasteiger partial charge is 0.508 e. The molecule has 1 fully saturated rings. The molecular weight excluding hydrogens is 420 g/mol. The van der Waals surface area contributed by atoms with Crippen molar-refractivity contribution in [3.8, 4) is 16.9 Å². The van der Waals surface area contributed by atoms with Gasteiger partial charge in [-0.3, -0.25) is 9.59 Å². The van der Waals surface area contributed by atoms with E-state index in [9.17, 15) is 19.8 Å². The highest BCUT2D eigenvalue weighted by molar-refractivity contribution is 7.21. The van der Waals surface area contributed by atoms with Crippen LogP contribution in [-0.4, -0.2) is 22.0 Å². The Labute approximate surface area is 189 Å². The predicted octanol–water partition coefficient (Wildman–Crippen LogP) is 6.31. The van der Waals surface area contributed by atoms with Gasteiger partial charge in [-0.25, -0.2) is 0 Å². The first-order chi connectivity index (χ1) is 15.3. The van der Waals surface area contributed by atoms with Crippen molar-refractivity contribution in [3.63, 3.8) is 0 Å². The summed E-state index contributed by atoms with van der Waals surface area (Å²) in [5.74, 6) is -0.847. The predicted molar refractivity (Wildman–Crippen MR) is 127 cm³/mol. The van der Waals surface area contributed by atoms with Crippen LogP contribution in [0.5, 0.6) is 5.75 Å². The highest BCUT2D eigenvalue weighted by atomic mass is 32.1. The molecular formula is C27H22O4S. The Balaban J connectivity index is 1.62. The van der Waals surface area contributed by atoms with E-state index in [1.807, 2.05) is 62.4 Å². The summed E-state index contributed by atoms with van der Waals surface area (Å²) >= 11 is 1.39. The third-order valence-electron chi connectivity index (χ3n) is 6.24. The van der Waals surface area contributed by atoms with Gasteiger partial charge in [-0.05, 0) is 61.1 Å². The Kier molecular flexibility index (Phi) is 4.86. The number of fused-ring (bicyclic) bond motifs is 1. The number of phenolic OH excluding ortho intramolecular Hbond substituents is 1. The lowest BCUT2D eigenvalue weighted by molar-refractivity contribution is -0.138. The summed E-state index contributed by atoms with van der Waals surface area (Å²) < 4.78 is 0.852. The van der Waals surface area contributed by atoms with E-state index in [1.165, 1.54) is 11.3 Å². The average molecular weight is 443 g/mol. The summed E-state index contributed by atoms with van der Waals surface area (Å²) in [6.45, 7) is 3.95. The molecule has 2 atom stereocenters. The molecule has 0 bridgehead atoms. The molecule has 0 saturated heterocycles. The second-order valence-electron chi connectivity index (χ2n) is 8.54. The van der Waals surface area contributed by atoms with Gasteiger partial charge in [-0.2, -0.15) is 0 Å². The van der Waals surface area contributed by atoms with Crippen LogP contribution >= 0.6 is 11.3 Å². The number of hydrogen-bond acceptors (Lipinski definition) is 4. The molecule has 1 saturated carbocycles. The maximum atomic E-state index is 13.6. The summed E-state index contributed by atoms with van der Waals surface area (Å²) in [5.41, 5.74) is 5.49. The minimum atomic E-state index is -0.746. The highest BCUT2D eigenvalue weighted by Gasteiger charge is 2.44. The summed E-state index contributed by atoms with van der Waals surface area (Å²) in [4.78, 5) is 25.5. The van der Waals surface area contributed by atoms with Crippen LogP contribution in [0.3, 0.4) is 0 Å². The molecule has 2 N–H and O–H groups in total. The number of hydrogen-bond donors (Lipinski definition) is 2. The molecule has 0 spiro atoms. The normalized spacial score (nSPS) is 17.4. The molecule has 0 amide bonds. The topological polar surface area (TPSA) is 74.6 Å². The standard InChI is InChI=1S/C27H22O4S/c1-14-3-9-19(15(2)11-14)25(29)26-24(20-10-8-18(28)12-23(20)32-26)17-6-4-16(5-7-17)21-13-22(21)27(30)31/h3-12,21-22,28H,13H2,1-2H3,(H,30,31). The lowest BCUT2D eigenvalue weighted by Gasteiger charge is -2.09. The van der Waals surface area contributed by atoms with Gasteiger partial charge in [-0.1, -0.05) is 48.0 Å². The van der Waals surface area contributed by atoms with E-state index in [1.54, 1.807) is 12.1 Å². The minimum Gasteiger partial charge on any atom is -0.508 e. The zero-order valence-electron chi connectivity index (χ0n) is 17.8. The number of ketones is 1. The van der Waals surface area contributed by atoms with Gasteiger partial charge in [0.15, 0.2) is 0 Å². The quantitative estimate of drug-likeness (QED) is 0.355. The number of aliphatic carboxylic acids is 1. The number of benzene rings is 3. The number of phenols is 1. The van der Waals surface area contributed by atoms with Crippen LogP contribution in [0.4, 0.5) is 0 Å². The van der Waals surface area contributed by atoms with Gasteiger partial charge in [0.25, 0.3) is 0 Å². The fraction of sp³-hybridized carbons (Fsp3) is 0.185. The fourth-order valence-electron chi connectivity index (χ4n) is 4.46. The second kappa shape index (κ2) is 7.61. The number of rotatable bonds is 5. The molecule has 1 aliphatic rings. The fourth-order valence-corrected chi connectivity index (χ4v) is 5.67. The molecule has 5 rings (SSSR count). The van der Waals surface area contributed by atoms with Crippen molar-refractivity contribution in [2.24, 2.45) is 5.92 Å². The first-order valence-electron chi connectivity index (χ1n) is 10.5. The molecule has 1 aliphatic carbocycles. The van der Waals surface area contributed by atoms with Crippen molar-refractivity contribution in [1.82, 2.24) is 0 Å². The van der Waals surface area contributed by atoms with Crippen LogP contribution in [0, 0.1) is 19.8 Å². The SMILES string of the molecule is Cc1ccc(C(=O)c2sc3cc(O)ccc3c2-c2ccc(C3CC3C(=O)O)cc2)c(C)c1. The number of thiophene rings is 1. The van der Waals surface area contributed by atoms with Crippen LogP contribution in [0.1, 0.15) is 44.3 Å². The number of carboxylic acid groups (broad SMARTS) is 1. The molecule has 4 nitrogen and oxygen atoms in total. The van der Waals surface area contributed by atoms with Crippen molar-refractivity contribution in [1.29, 1.82) is 0 Å². The minimum absolute atomic E-state index is 0.0320. The van der Waals surface area contributed by atoms with Crippen LogP contribution in [0.2, 0.25) is 0 Å². The van der Waals surface area contributed by atoms with Crippen LogP contribution < -0.4 is 0 Å². The Hall–Kier alpha value is -3.44. The lowest BCUT2D eigenvalue weighted by Crippen LogP contribution is -2.03. The Morgan fingerprint density at radius 3 is 2.38 bits per heavy atom. The van der Waals surface area contributed by atoms with Gasteiger partial charge in [0.2, 0.25) is 5.78 Å². The number of carboxylic acids is 1. The van der Waals surface area contributed by atoms with Crippen molar-refractivity contribution >= 4 is 33.2 Å². The van der Waals surface area contributed by atoms with Crippen LogP contribution in [0.25, 0.3) is 21.2 Å². The van der Waals surface area contributed by atoms with Crippen molar-refractivity contribution in [2.75, 3.05) is 0 Å². The van der Waals surface area contributed by atoms with Gasteiger partial charge >= 0.3 is 5.97 Å². The van der Waals surface area contributed by atoms with E-state index in [4.69, 9.17) is 0 Å². The van der Waals surface area contributed by atoms with E-state index in [0.29, 0.717) is 16.9 Å². The number of carbonyl (C=O) groups excluding carboxylic acids is 1. The third-order valence-corrected chi connectivity index (χ3v) is 7.39. The van der Waals surface area contributed by atoms with Gasteiger partial charge in [-0.15, -0.1) is 11.3 Å². The third kappa shape index (κ3) is 3.49. The number of carbonyl (C=O) groups is 2. The van der Waals surface area contributed by atoms with Gasteiger partial charge in [0.05, 0.1) is 10.8 Å². The van der Waals surface area contributed by atoms with Gasteiger partial charge in [0, 0.05) is 21.2 Å². The van der Waals surface area contributed by atoms with Gasteiger partial charge < -0.3 is 10.2 Å². The highest BCUT2D eigenvalue weighted by Crippen LogP contribution is 2.48. The average Bonchev–Trinajstić information content (AvgIpc) is 3.48. The first-order valence-corrected chi connectivity index (χ1v) is 11.4. The van der Waals surface area contributed by atoms with Crippen LogP contribution in [-0.2, 0) is 4.79 Å². The molecule has 160 valence electrons. The van der Waals surface area contributed by atoms with Crippen molar-refractivity contribution < 1.29 is 19.8 Å². The maximum Gasteiger partial charge on any atom is 0.307 e. The molecule has 1 heterocycles. The summed E-state index contributed by atoms with van der Waals surface area (Å²) in [6, 6.07) is 18.9. The van der Waals surface area contributed by atoms with Crippen LogP contribution in [0.15, 0.2) is 60.7 Å². The van der Waals surface area contributed by atoms with Crippen molar-refractivity contribution in [3.05, 3.63) is 87.8 Å². The summed E-state index contributed by atoms with van der Waals surface area (Å²) in [7, 11) is 0. The molecule has 4 aromatic rings. The molecule has 5 heteroatoms. The molecule has 0 radical (unpaired) electrons. The molecule has 0 aliphatic heterocycles. The zero-order chi connectivity index (χ0) is 22.6. The summed E-state index contributed by atoms with van der Waals surface area (Å²) in [6.07, 6.45) is 0.672.